The van der Waals surface area contributed by atoms with Gasteiger partial charge in [-0.05, 0) is 18.2 Å². The molecule has 0 aliphatic heterocycles. The first kappa shape index (κ1) is 21.1. The molecule has 0 radical (unpaired) electrons. The van der Waals surface area contributed by atoms with E-state index in [-0.39, 0.29) is 16.3 Å². The molecule has 0 atom stereocenters. The third-order valence-electron chi connectivity index (χ3n) is 2.02. The predicted octanol–water partition coefficient (Wildman–Crippen LogP) is 0.856. The van der Waals surface area contributed by atoms with E-state index in [0.717, 1.165) is 6.07 Å². The van der Waals surface area contributed by atoms with Crippen molar-refractivity contribution in [1.29, 1.82) is 0 Å². The quantitative estimate of drug-likeness (QED) is 0.242. The van der Waals surface area contributed by atoms with Crippen LogP contribution >= 0.6 is 7.82 Å². The largest absolute Gasteiger partial charge is 0.466 e. The summed E-state index contributed by atoms with van der Waals surface area (Å²) >= 11 is 0. The molecular weight excluding hydrogens is 347 g/mol. The van der Waals surface area contributed by atoms with Crippen LogP contribution in [-0.2, 0) is 14.7 Å². The number of anilines is 2. The Morgan fingerprint density at radius 1 is 0.826 bits per heavy atom. The number of rotatable bonds is 1. The molecule has 0 heterocycles. The third-order valence-corrected chi connectivity index (χ3v) is 2.87. The second-order valence-corrected chi connectivity index (χ2v) is 6.38. The zero-order chi connectivity index (χ0) is 18.1. The molecule has 2 rings (SSSR count). The van der Waals surface area contributed by atoms with Gasteiger partial charge in [-0.2, -0.15) is 8.42 Å². The number of nitrogen functional groups attached to an aromatic ring is 2. The first-order valence-electron chi connectivity index (χ1n) is 5.82. The molecule has 0 fully saturated rings. The van der Waals surface area contributed by atoms with E-state index in [1.807, 2.05) is 36.4 Å². The van der Waals surface area contributed by atoms with Crippen LogP contribution in [0.1, 0.15) is 0 Å². The standard InChI is InChI=1S/C6H8N2O3S.C6H6.H3O4P/c7-5-2-1-4(3-6(5)8)12(9,10)11;1-2-4-6-5-3-1;1-5(2,3)4/h1-3H,7-8H2,(H,9,10,11);1-6H;(H3,1,2,3,4). The SMILES string of the molecule is Nc1ccc(S(=O)(=O)O)cc1N.O=P(O)(O)O.c1ccccc1. The zero-order valence-electron chi connectivity index (χ0n) is 11.7. The Morgan fingerprint density at radius 2 is 1.17 bits per heavy atom. The molecule has 0 saturated carbocycles. The van der Waals surface area contributed by atoms with Crippen LogP contribution in [0.2, 0.25) is 0 Å². The maximum atomic E-state index is 10.6. The molecule has 0 saturated heterocycles. The van der Waals surface area contributed by atoms with Gasteiger partial charge in [0.15, 0.2) is 0 Å². The lowest BCUT2D eigenvalue weighted by Gasteiger charge is -2.01. The summed E-state index contributed by atoms with van der Waals surface area (Å²) < 4.78 is 38.6. The minimum Gasteiger partial charge on any atom is -0.397 e. The van der Waals surface area contributed by atoms with Gasteiger partial charge in [0.2, 0.25) is 0 Å². The van der Waals surface area contributed by atoms with Crippen LogP contribution < -0.4 is 11.5 Å². The lowest BCUT2D eigenvalue weighted by atomic mass is 10.3. The molecular formula is C12H17N2O7PS. The highest BCUT2D eigenvalue weighted by molar-refractivity contribution is 7.85. The van der Waals surface area contributed by atoms with Gasteiger partial charge < -0.3 is 26.1 Å². The summed E-state index contributed by atoms with van der Waals surface area (Å²) in [5.41, 5.74) is 11.1. The minimum atomic E-state index is -4.64. The topological polar surface area (TPSA) is 184 Å². The highest BCUT2D eigenvalue weighted by Gasteiger charge is 2.09. The van der Waals surface area contributed by atoms with Gasteiger partial charge in [-0.1, -0.05) is 36.4 Å². The summed E-state index contributed by atoms with van der Waals surface area (Å²) in [5, 5.41) is 0. The van der Waals surface area contributed by atoms with Gasteiger partial charge in [0, 0.05) is 0 Å². The molecule has 8 N–H and O–H groups in total. The Morgan fingerprint density at radius 3 is 1.43 bits per heavy atom. The summed E-state index contributed by atoms with van der Waals surface area (Å²) in [7, 11) is -8.82. The lowest BCUT2D eigenvalue weighted by molar-refractivity contribution is 0.275. The van der Waals surface area contributed by atoms with Gasteiger partial charge in [0.05, 0.1) is 16.3 Å². The average Bonchev–Trinajstić information content (AvgIpc) is 2.41. The van der Waals surface area contributed by atoms with Gasteiger partial charge in [0.25, 0.3) is 10.1 Å². The van der Waals surface area contributed by atoms with Crippen molar-refractivity contribution in [1.82, 2.24) is 0 Å². The Kier molecular flexibility index (Phi) is 8.47. The molecule has 23 heavy (non-hydrogen) atoms. The summed E-state index contributed by atoms with van der Waals surface area (Å²) in [5.74, 6) is 0. The number of hydrogen-bond acceptors (Lipinski definition) is 5. The summed E-state index contributed by atoms with van der Waals surface area (Å²) in [6, 6.07) is 15.6. The van der Waals surface area contributed by atoms with Crippen LogP contribution in [0.3, 0.4) is 0 Å². The monoisotopic (exact) mass is 364 g/mol. The van der Waals surface area contributed by atoms with Gasteiger partial charge in [-0.3, -0.25) is 4.55 Å². The van der Waals surface area contributed by atoms with Gasteiger partial charge >= 0.3 is 7.82 Å². The van der Waals surface area contributed by atoms with E-state index in [4.69, 9.17) is 35.3 Å². The van der Waals surface area contributed by atoms with Gasteiger partial charge in [-0.15, -0.1) is 0 Å². The van der Waals surface area contributed by atoms with Crippen molar-refractivity contribution >= 4 is 29.3 Å². The number of nitrogens with two attached hydrogens (primary N) is 2. The molecule has 0 spiro atoms. The van der Waals surface area contributed by atoms with Crippen LogP contribution in [0.5, 0.6) is 0 Å². The first-order chi connectivity index (χ1) is 10.4. The summed E-state index contributed by atoms with van der Waals surface area (Å²) in [6.45, 7) is 0. The van der Waals surface area contributed by atoms with Crippen LogP contribution in [-0.4, -0.2) is 27.7 Å². The van der Waals surface area contributed by atoms with Crippen molar-refractivity contribution in [3.05, 3.63) is 54.6 Å². The Hall–Kier alpha value is -1.94. The van der Waals surface area contributed by atoms with Crippen LogP contribution in [0.25, 0.3) is 0 Å². The van der Waals surface area contributed by atoms with E-state index >= 15 is 0 Å². The van der Waals surface area contributed by atoms with E-state index in [0.29, 0.717) is 0 Å². The highest BCUT2D eigenvalue weighted by Crippen LogP contribution is 2.25. The van der Waals surface area contributed by atoms with Crippen molar-refractivity contribution in [2.24, 2.45) is 0 Å². The smallest absolute Gasteiger partial charge is 0.397 e. The highest BCUT2D eigenvalue weighted by atomic mass is 32.2. The van der Waals surface area contributed by atoms with Crippen LogP contribution in [0.15, 0.2) is 59.5 Å². The molecule has 2 aromatic rings. The maximum absolute atomic E-state index is 10.6. The third kappa shape index (κ3) is 12.3. The average molecular weight is 364 g/mol. The van der Waals surface area contributed by atoms with E-state index in [1.165, 1.54) is 12.1 Å². The van der Waals surface area contributed by atoms with Crippen molar-refractivity contribution < 1.29 is 32.2 Å². The fraction of sp³-hybridized carbons (Fsp3) is 0. The molecule has 0 amide bonds. The Balaban J connectivity index is 0.000000367. The fourth-order valence-electron chi connectivity index (χ4n) is 1.10. The molecule has 0 unspecified atom stereocenters. The van der Waals surface area contributed by atoms with Crippen molar-refractivity contribution in [2.75, 3.05) is 11.5 Å². The molecule has 0 aliphatic rings. The fourth-order valence-corrected chi connectivity index (χ4v) is 1.61. The second kappa shape index (κ2) is 9.26. The van der Waals surface area contributed by atoms with E-state index in [1.54, 1.807) is 0 Å². The molecule has 0 bridgehead atoms. The number of phosphoric acid groups is 1. The van der Waals surface area contributed by atoms with E-state index in [9.17, 15) is 8.42 Å². The Labute approximate surface area is 133 Å². The summed E-state index contributed by atoms with van der Waals surface area (Å²) in [4.78, 5) is 21.3. The molecule has 11 heteroatoms. The zero-order valence-corrected chi connectivity index (χ0v) is 13.4. The van der Waals surface area contributed by atoms with E-state index < -0.39 is 17.9 Å². The number of hydrogen-bond donors (Lipinski definition) is 6. The molecule has 2 aromatic carbocycles. The maximum Gasteiger partial charge on any atom is 0.466 e. The molecule has 0 aromatic heterocycles. The van der Waals surface area contributed by atoms with Gasteiger partial charge in [-0.25, -0.2) is 4.57 Å². The second-order valence-electron chi connectivity index (χ2n) is 3.93. The molecule has 128 valence electrons. The normalized spacial score (nSPS) is 10.6. The first-order valence-corrected chi connectivity index (χ1v) is 8.82. The minimum absolute atomic E-state index is 0.130. The van der Waals surface area contributed by atoms with Crippen molar-refractivity contribution in [3.8, 4) is 0 Å². The van der Waals surface area contributed by atoms with Crippen molar-refractivity contribution in [3.63, 3.8) is 0 Å². The number of benzene rings is 2. The van der Waals surface area contributed by atoms with Crippen LogP contribution in [0.4, 0.5) is 11.4 Å². The lowest BCUT2D eigenvalue weighted by Crippen LogP contribution is -2.01. The van der Waals surface area contributed by atoms with E-state index in [2.05, 4.69) is 0 Å². The predicted molar refractivity (Wildman–Crippen MR) is 85.8 cm³/mol. The summed E-state index contributed by atoms with van der Waals surface area (Å²) in [6.07, 6.45) is 0. The van der Waals surface area contributed by atoms with Crippen LogP contribution in [0, 0.1) is 0 Å². The molecule has 0 aliphatic carbocycles. The Bertz CT molecular complexity index is 712. The van der Waals surface area contributed by atoms with Crippen molar-refractivity contribution in [2.45, 2.75) is 4.90 Å². The molecule has 9 nitrogen and oxygen atoms in total. The van der Waals surface area contributed by atoms with Gasteiger partial charge in [0.1, 0.15) is 0 Å².